The van der Waals surface area contributed by atoms with Gasteiger partial charge in [-0.25, -0.2) is 9.97 Å². The molecule has 0 bridgehead atoms. The highest BCUT2D eigenvalue weighted by atomic mass is 16.6. The summed E-state index contributed by atoms with van der Waals surface area (Å²) in [5.41, 5.74) is 1.03. The molecule has 0 unspecified atom stereocenters. The molecule has 116 valence electrons. The molecule has 0 saturated heterocycles. The second kappa shape index (κ2) is 8.04. The van der Waals surface area contributed by atoms with Gasteiger partial charge < -0.3 is 10.1 Å². The van der Waals surface area contributed by atoms with Crippen LogP contribution in [-0.4, -0.2) is 28.0 Å². The monoisotopic (exact) mass is 302 g/mol. The van der Waals surface area contributed by atoms with Crippen molar-refractivity contribution in [3.8, 4) is 0 Å². The van der Waals surface area contributed by atoms with Crippen LogP contribution in [-0.2, 0) is 4.74 Å². The standard InChI is InChI=1S/C15H18N4O3/c1-12(13-6-3-2-4-7-13)22-9-5-8-16-15-17-10-14(11-18-15)19(20)21/h2-4,6-7,10-12H,5,8-9H2,1H3,(H,16,17,18)/t12-/m0/s1. The molecule has 1 atom stereocenters. The first-order chi connectivity index (χ1) is 10.7. The van der Waals surface area contributed by atoms with Crippen molar-refractivity contribution in [3.05, 3.63) is 58.4 Å². The Labute approximate surface area is 128 Å². The van der Waals surface area contributed by atoms with E-state index in [9.17, 15) is 10.1 Å². The van der Waals surface area contributed by atoms with Crippen LogP contribution < -0.4 is 5.32 Å². The Morgan fingerprint density at radius 2 is 1.95 bits per heavy atom. The van der Waals surface area contributed by atoms with Gasteiger partial charge in [-0.2, -0.15) is 0 Å². The fourth-order valence-corrected chi connectivity index (χ4v) is 1.86. The van der Waals surface area contributed by atoms with E-state index in [1.165, 1.54) is 12.4 Å². The Bertz CT molecular complexity index is 589. The summed E-state index contributed by atoms with van der Waals surface area (Å²) in [5.74, 6) is 0.377. The molecular formula is C15H18N4O3. The zero-order valence-electron chi connectivity index (χ0n) is 12.3. The summed E-state index contributed by atoms with van der Waals surface area (Å²) in [7, 11) is 0. The Kier molecular flexibility index (Phi) is 5.79. The Hall–Kier alpha value is -2.54. The normalized spacial score (nSPS) is 11.9. The van der Waals surface area contributed by atoms with Crippen molar-refractivity contribution in [2.45, 2.75) is 19.4 Å². The third kappa shape index (κ3) is 4.78. The number of ether oxygens (including phenoxy) is 1. The third-order valence-electron chi connectivity index (χ3n) is 3.09. The molecule has 1 heterocycles. The quantitative estimate of drug-likeness (QED) is 0.458. The number of nitro groups is 1. The first-order valence-corrected chi connectivity index (χ1v) is 7.03. The van der Waals surface area contributed by atoms with E-state index >= 15 is 0 Å². The molecule has 22 heavy (non-hydrogen) atoms. The average molecular weight is 302 g/mol. The highest BCUT2D eigenvalue weighted by Gasteiger charge is 2.06. The smallest absolute Gasteiger partial charge is 0.305 e. The lowest BCUT2D eigenvalue weighted by molar-refractivity contribution is -0.385. The van der Waals surface area contributed by atoms with Gasteiger partial charge in [-0.3, -0.25) is 10.1 Å². The summed E-state index contributed by atoms with van der Waals surface area (Å²) in [6.07, 6.45) is 3.21. The summed E-state index contributed by atoms with van der Waals surface area (Å²) in [6, 6.07) is 10.0. The van der Waals surface area contributed by atoms with Crippen LogP contribution in [0.3, 0.4) is 0 Å². The molecule has 1 N–H and O–H groups in total. The maximum Gasteiger partial charge on any atom is 0.305 e. The van der Waals surface area contributed by atoms with Crippen molar-refractivity contribution < 1.29 is 9.66 Å². The minimum Gasteiger partial charge on any atom is -0.374 e. The van der Waals surface area contributed by atoms with Crippen molar-refractivity contribution in [1.82, 2.24) is 9.97 Å². The second-order valence-corrected chi connectivity index (χ2v) is 4.73. The van der Waals surface area contributed by atoms with Gasteiger partial charge in [0, 0.05) is 13.2 Å². The van der Waals surface area contributed by atoms with E-state index in [1.807, 2.05) is 37.3 Å². The summed E-state index contributed by atoms with van der Waals surface area (Å²) in [6.45, 7) is 3.26. The average Bonchev–Trinajstić information content (AvgIpc) is 2.55. The largest absolute Gasteiger partial charge is 0.374 e. The lowest BCUT2D eigenvalue weighted by Gasteiger charge is -2.13. The van der Waals surface area contributed by atoms with Crippen LogP contribution in [0.15, 0.2) is 42.7 Å². The van der Waals surface area contributed by atoms with Crippen molar-refractivity contribution in [3.63, 3.8) is 0 Å². The molecule has 0 aliphatic carbocycles. The van der Waals surface area contributed by atoms with Gasteiger partial charge in [0.1, 0.15) is 12.4 Å². The maximum atomic E-state index is 10.5. The minimum atomic E-state index is -0.525. The van der Waals surface area contributed by atoms with Crippen LogP contribution in [0.4, 0.5) is 11.6 Å². The van der Waals surface area contributed by atoms with E-state index in [0.717, 1.165) is 12.0 Å². The zero-order chi connectivity index (χ0) is 15.8. The number of anilines is 1. The van der Waals surface area contributed by atoms with Crippen LogP contribution in [0.1, 0.15) is 25.0 Å². The molecule has 7 nitrogen and oxygen atoms in total. The molecule has 0 aliphatic heterocycles. The molecule has 1 aromatic carbocycles. The molecule has 0 saturated carbocycles. The molecular weight excluding hydrogens is 284 g/mol. The van der Waals surface area contributed by atoms with Gasteiger partial charge in [0.05, 0.1) is 11.0 Å². The predicted octanol–water partition coefficient (Wildman–Crippen LogP) is 2.96. The van der Waals surface area contributed by atoms with Crippen LogP contribution in [0.5, 0.6) is 0 Å². The van der Waals surface area contributed by atoms with E-state index in [2.05, 4.69) is 15.3 Å². The van der Waals surface area contributed by atoms with Gasteiger partial charge in [-0.15, -0.1) is 0 Å². The van der Waals surface area contributed by atoms with Crippen LogP contribution >= 0.6 is 0 Å². The number of nitrogens with zero attached hydrogens (tertiary/aromatic N) is 3. The molecule has 0 amide bonds. The number of nitrogens with one attached hydrogen (secondary N) is 1. The number of rotatable bonds is 8. The summed E-state index contributed by atoms with van der Waals surface area (Å²) >= 11 is 0. The van der Waals surface area contributed by atoms with E-state index in [1.54, 1.807) is 0 Å². The fourth-order valence-electron chi connectivity index (χ4n) is 1.86. The molecule has 2 rings (SSSR count). The Morgan fingerprint density at radius 3 is 2.59 bits per heavy atom. The van der Waals surface area contributed by atoms with E-state index in [0.29, 0.717) is 19.1 Å². The summed E-state index contributed by atoms with van der Waals surface area (Å²) in [4.78, 5) is 17.7. The lowest BCUT2D eigenvalue weighted by atomic mass is 10.1. The van der Waals surface area contributed by atoms with Crippen molar-refractivity contribution in [2.24, 2.45) is 0 Å². The Morgan fingerprint density at radius 1 is 1.27 bits per heavy atom. The predicted molar refractivity (Wildman–Crippen MR) is 82.6 cm³/mol. The molecule has 0 spiro atoms. The van der Waals surface area contributed by atoms with E-state index < -0.39 is 4.92 Å². The van der Waals surface area contributed by atoms with E-state index in [-0.39, 0.29) is 11.8 Å². The number of hydrogen-bond acceptors (Lipinski definition) is 6. The van der Waals surface area contributed by atoms with Gasteiger partial charge in [0.25, 0.3) is 0 Å². The molecule has 7 heteroatoms. The van der Waals surface area contributed by atoms with Crippen LogP contribution in [0.2, 0.25) is 0 Å². The van der Waals surface area contributed by atoms with E-state index in [4.69, 9.17) is 4.74 Å². The third-order valence-corrected chi connectivity index (χ3v) is 3.09. The van der Waals surface area contributed by atoms with Gasteiger partial charge in [0.2, 0.25) is 5.95 Å². The van der Waals surface area contributed by atoms with Gasteiger partial charge >= 0.3 is 5.69 Å². The molecule has 2 aromatic rings. The fraction of sp³-hybridized carbons (Fsp3) is 0.333. The topological polar surface area (TPSA) is 90.2 Å². The lowest BCUT2D eigenvalue weighted by Crippen LogP contribution is -2.09. The Balaban J connectivity index is 1.66. The minimum absolute atomic E-state index is 0.0526. The molecule has 1 aromatic heterocycles. The highest BCUT2D eigenvalue weighted by molar-refractivity contribution is 5.30. The van der Waals surface area contributed by atoms with Gasteiger partial charge in [0.15, 0.2) is 0 Å². The van der Waals surface area contributed by atoms with Crippen LogP contribution in [0, 0.1) is 10.1 Å². The molecule has 0 radical (unpaired) electrons. The van der Waals surface area contributed by atoms with Crippen molar-refractivity contribution >= 4 is 11.6 Å². The van der Waals surface area contributed by atoms with Gasteiger partial charge in [-0.1, -0.05) is 30.3 Å². The van der Waals surface area contributed by atoms with Gasteiger partial charge in [-0.05, 0) is 18.9 Å². The SMILES string of the molecule is C[C@H](OCCCNc1ncc([N+](=O)[O-])cn1)c1ccccc1. The first-order valence-electron chi connectivity index (χ1n) is 7.03. The molecule has 0 fully saturated rings. The first kappa shape index (κ1) is 15.8. The number of hydrogen-bond donors (Lipinski definition) is 1. The second-order valence-electron chi connectivity index (χ2n) is 4.73. The summed E-state index contributed by atoms with van der Waals surface area (Å²) in [5, 5.41) is 13.5. The maximum absolute atomic E-state index is 10.5. The van der Waals surface area contributed by atoms with Crippen molar-refractivity contribution in [1.29, 1.82) is 0 Å². The number of benzene rings is 1. The molecule has 0 aliphatic rings. The highest BCUT2D eigenvalue weighted by Crippen LogP contribution is 2.15. The number of aromatic nitrogens is 2. The van der Waals surface area contributed by atoms with Crippen molar-refractivity contribution in [2.75, 3.05) is 18.5 Å². The van der Waals surface area contributed by atoms with Crippen LogP contribution in [0.25, 0.3) is 0 Å². The summed E-state index contributed by atoms with van der Waals surface area (Å²) < 4.78 is 5.75. The zero-order valence-corrected chi connectivity index (χ0v) is 12.3.